The summed E-state index contributed by atoms with van der Waals surface area (Å²) in [6.07, 6.45) is 0. The van der Waals surface area contributed by atoms with Crippen LogP contribution in [0.1, 0.15) is 38.5 Å². The maximum Gasteiger partial charge on any atom is 0.367 e. The molecule has 1 amide bonds. The van der Waals surface area contributed by atoms with Crippen LogP contribution < -0.4 is 5.32 Å². The number of nitrogens with zero attached hydrogens (tertiary/aromatic N) is 2. The van der Waals surface area contributed by atoms with Gasteiger partial charge < -0.3 is 10.1 Å². The van der Waals surface area contributed by atoms with E-state index in [9.17, 15) is 9.59 Å². The summed E-state index contributed by atoms with van der Waals surface area (Å²) in [5.74, 6) is -0.464. The van der Waals surface area contributed by atoms with E-state index < -0.39 is 11.9 Å². The van der Waals surface area contributed by atoms with E-state index in [2.05, 4.69) is 15.3 Å². The zero-order valence-electron chi connectivity index (χ0n) is 12.0. The van der Waals surface area contributed by atoms with E-state index in [4.69, 9.17) is 4.74 Å². The Balaban J connectivity index is 2.12. The van der Waals surface area contributed by atoms with Gasteiger partial charge in [0.1, 0.15) is 11.5 Å². The second-order valence-corrected chi connectivity index (χ2v) is 5.24. The van der Waals surface area contributed by atoms with Crippen molar-refractivity contribution in [3.63, 3.8) is 0 Å². The summed E-state index contributed by atoms with van der Waals surface area (Å²) in [7, 11) is 0. The highest BCUT2D eigenvalue weighted by Crippen LogP contribution is 2.14. The number of pyridine rings is 1. The summed E-state index contributed by atoms with van der Waals surface area (Å²) < 4.78 is 4.84. The Morgan fingerprint density at radius 1 is 1.29 bits per heavy atom. The average molecular weight is 305 g/mol. The molecule has 6 nitrogen and oxygen atoms in total. The number of thiazole rings is 1. The Bertz CT molecular complexity index is 662. The quantitative estimate of drug-likeness (QED) is 0.878. The zero-order valence-corrected chi connectivity index (χ0v) is 12.8. The lowest BCUT2D eigenvalue weighted by molar-refractivity contribution is 0.0526. The van der Waals surface area contributed by atoms with Crippen LogP contribution in [0.5, 0.6) is 0 Å². The largest absolute Gasteiger partial charge is 0.461 e. The van der Waals surface area contributed by atoms with E-state index in [1.165, 1.54) is 5.38 Å². The molecule has 0 aliphatic heterocycles. The van der Waals surface area contributed by atoms with Gasteiger partial charge in [0, 0.05) is 11.1 Å². The van der Waals surface area contributed by atoms with Gasteiger partial charge >= 0.3 is 5.97 Å². The van der Waals surface area contributed by atoms with Crippen LogP contribution in [0.15, 0.2) is 17.5 Å². The van der Waals surface area contributed by atoms with Crippen molar-refractivity contribution in [2.24, 2.45) is 0 Å². The highest BCUT2D eigenvalue weighted by molar-refractivity contribution is 7.11. The molecule has 0 bridgehead atoms. The normalized spacial score (nSPS) is 10.2. The molecule has 0 aromatic carbocycles. The fourth-order valence-electron chi connectivity index (χ4n) is 1.75. The minimum atomic E-state index is -0.522. The number of amides is 1. The SMILES string of the molecule is CCOC(=O)c1nc(C(=O)Nc2cc(C)cc(C)n2)cs1. The minimum Gasteiger partial charge on any atom is -0.461 e. The number of aromatic nitrogens is 2. The van der Waals surface area contributed by atoms with Crippen molar-refractivity contribution in [2.45, 2.75) is 20.8 Å². The third kappa shape index (κ3) is 3.85. The number of hydrogen-bond donors (Lipinski definition) is 1. The van der Waals surface area contributed by atoms with Crippen molar-refractivity contribution in [1.29, 1.82) is 0 Å². The highest BCUT2D eigenvalue weighted by atomic mass is 32.1. The van der Waals surface area contributed by atoms with Gasteiger partial charge in [0.05, 0.1) is 6.61 Å². The molecule has 7 heteroatoms. The van der Waals surface area contributed by atoms with E-state index in [1.807, 2.05) is 19.9 Å². The third-order valence-electron chi connectivity index (χ3n) is 2.53. The van der Waals surface area contributed by atoms with Gasteiger partial charge in [-0.1, -0.05) is 0 Å². The molecule has 110 valence electrons. The molecule has 0 atom stereocenters. The lowest BCUT2D eigenvalue weighted by Gasteiger charge is -2.04. The predicted molar refractivity (Wildman–Crippen MR) is 79.7 cm³/mol. The van der Waals surface area contributed by atoms with E-state index in [0.29, 0.717) is 5.82 Å². The molecule has 0 unspecified atom stereocenters. The monoisotopic (exact) mass is 305 g/mol. The first kappa shape index (κ1) is 15.1. The predicted octanol–water partition coefficient (Wildman–Crippen LogP) is 2.58. The maximum absolute atomic E-state index is 12.1. The van der Waals surface area contributed by atoms with Crippen LogP contribution in [0.2, 0.25) is 0 Å². The summed E-state index contributed by atoms with van der Waals surface area (Å²) in [4.78, 5) is 31.8. The number of esters is 1. The first-order chi connectivity index (χ1) is 9.99. The molecule has 2 aromatic rings. The summed E-state index contributed by atoms with van der Waals surface area (Å²) in [5, 5.41) is 4.35. The highest BCUT2D eigenvalue weighted by Gasteiger charge is 2.16. The van der Waals surface area contributed by atoms with Gasteiger partial charge in [0.15, 0.2) is 0 Å². The number of ether oxygens (including phenoxy) is 1. The maximum atomic E-state index is 12.1. The number of anilines is 1. The molecule has 1 N–H and O–H groups in total. The second-order valence-electron chi connectivity index (χ2n) is 4.38. The second kappa shape index (κ2) is 6.45. The summed E-state index contributed by atoms with van der Waals surface area (Å²) in [5.41, 5.74) is 1.99. The van der Waals surface area contributed by atoms with E-state index >= 15 is 0 Å². The molecule has 0 aliphatic carbocycles. The van der Waals surface area contributed by atoms with Crippen molar-refractivity contribution < 1.29 is 14.3 Å². The molecule has 0 radical (unpaired) electrons. The standard InChI is InChI=1S/C14H15N3O3S/c1-4-20-14(19)13-16-10(7-21-13)12(18)17-11-6-8(2)5-9(3)15-11/h5-7H,4H2,1-3H3,(H,15,17,18). The molecule has 0 saturated carbocycles. The molecule has 21 heavy (non-hydrogen) atoms. The van der Waals surface area contributed by atoms with Gasteiger partial charge in [-0.05, 0) is 38.5 Å². The smallest absolute Gasteiger partial charge is 0.367 e. The lowest BCUT2D eigenvalue weighted by atomic mass is 10.2. The number of nitrogens with one attached hydrogen (secondary N) is 1. The van der Waals surface area contributed by atoms with Crippen LogP contribution in [-0.4, -0.2) is 28.5 Å². The van der Waals surface area contributed by atoms with Crippen LogP contribution in [0.25, 0.3) is 0 Å². The molecule has 0 aliphatic rings. The number of rotatable bonds is 4. The number of carbonyl (C=O) groups is 2. The van der Waals surface area contributed by atoms with Crippen LogP contribution in [0.3, 0.4) is 0 Å². The van der Waals surface area contributed by atoms with Crippen molar-refractivity contribution in [3.8, 4) is 0 Å². The van der Waals surface area contributed by atoms with Crippen molar-refractivity contribution in [1.82, 2.24) is 9.97 Å². The Morgan fingerprint density at radius 2 is 2.05 bits per heavy atom. The van der Waals surface area contributed by atoms with Crippen LogP contribution in [0.4, 0.5) is 5.82 Å². The molecule has 2 aromatic heterocycles. The fourth-order valence-corrected chi connectivity index (χ4v) is 2.44. The van der Waals surface area contributed by atoms with Crippen molar-refractivity contribution in [3.05, 3.63) is 39.5 Å². The molecule has 2 heterocycles. The van der Waals surface area contributed by atoms with E-state index in [1.54, 1.807) is 13.0 Å². The Labute approximate surface area is 126 Å². The molecule has 0 spiro atoms. The van der Waals surface area contributed by atoms with Crippen LogP contribution in [-0.2, 0) is 4.74 Å². The van der Waals surface area contributed by atoms with Crippen molar-refractivity contribution >= 4 is 29.0 Å². The molecule has 0 fully saturated rings. The van der Waals surface area contributed by atoms with Crippen LogP contribution in [0, 0.1) is 13.8 Å². The Hall–Kier alpha value is -2.28. The minimum absolute atomic E-state index is 0.162. The Morgan fingerprint density at radius 3 is 2.71 bits per heavy atom. The lowest BCUT2D eigenvalue weighted by Crippen LogP contribution is -2.14. The van der Waals surface area contributed by atoms with Gasteiger partial charge in [-0.15, -0.1) is 11.3 Å². The van der Waals surface area contributed by atoms with Gasteiger partial charge in [0.2, 0.25) is 5.01 Å². The average Bonchev–Trinajstić information content (AvgIpc) is 2.87. The first-order valence-electron chi connectivity index (χ1n) is 6.39. The molecular formula is C14H15N3O3S. The van der Waals surface area contributed by atoms with Gasteiger partial charge in [0.25, 0.3) is 5.91 Å². The van der Waals surface area contributed by atoms with Crippen molar-refractivity contribution in [2.75, 3.05) is 11.9 Å². The molecular weight excluding hydrogens is 290 g/mol. The molecule has 0 saturated heterocycles. The third-order valence-corrected chi connectivity index (χ3v) is 3.35. The summed E-state index contributed by atoms with van der Waals surface area (Å²) in [6.45, 7) is 5.76. The zero-order chi connectivity index (χ0) is 15.4. The molecule has 2 rings (SSSR count). The topological polar surface area (TPSA) is 81.2 Å². The number of carbonyl (C=O) groups excluding carboxylic acids is 2. The number of aryl methyl sites for hydroxylation is 2. The summed E-state index contributed by atoms with van der Waals surface area (Å²) in [6, 6.07) is 3.68. The Kier molecular flexibility index (Phi) is 4.64. The first-order valence-corrected chi connectivity index (χ1v) is 7.27. The summed E-state index contributed by atoms with van der Waals surface area (Å²) >= 11 is 1.08. The van der Waals surface area contributed by atoms with Gasteiger partial charge in [-0.3, -0.25) is 4.79 Å². The van der Waals surface area contributed by atoms with E-state index in [-0.39, 0.29) is 17.3 Å². The van der Waals surface area contributed by atoms with Crippen LogP contribution >= 0.6 is 11.3 Å². The van der Waals surface area contributed by atoms with E-state index in [0.717, 1.165) is 22.6 Å². The van der Waals surface area contributed by atoms with Gasteiger partial charge in [-0.2, -0.15) is 0 Å². The van der Waals surface area contributed by atoms with Gasteiger partial charge in [-0.25, -0.2) is 14.8 Å². The number of hydrogen-bond acceptors (Lipinski definition) is 6. The fraction of sp³-hybridized carbons (Fsp3) is 0.286.